The van der Waals surface area contributed by atoms with E-state index in [1.807, 2.05) is 14.5 Å². The maximum Gasteiger partial charge on any atom is 0.320 e. The highest BCUT2D eigenvalue weighted by Gasteiger charge is 2.58. The van der Waals surface area contributed by atoms with E-state index in [1.165, 1.54) is 12.8 Å². The first-order valence-corrected chi connectivity index (χ1v) is 13.4. The summed E-state index contributed by atoms with van der Waals surface area (Å²) in [5.74, 6) is 2.26. The van der Waals surface area contributed by atoms with Gasteiger partial charge in [0.1, 0.15) is 22.8 Å². The maximum atomic E-state index is 12.9. The normalized spacial score (nSPS) is 28.4. The predicted octanol–water partition coefficient (Wildman–Crippen LogP) is 1.56. The lowest BCUT2D eigenvalue weighted by Gasteiger charge is -2.63. The Morgan fingerprint density at radius 3 is 2.44 bits per heavy atom. The molecule has 2 aromatic rings. The van der Waals surface area contributed by atoms with Crippen LogP contribution in [0.4, 0.5) is 4.79 Å². The number of rotatable bonds is 5. The quantitative estimate of drug-likeness (QED) is 0.690. The molecule has 1 N–H and O–H groups in total. The molecule has 0 bridgehead atoms. The maximum absolute atomic E-state index is 12.9. The molecule has 6 aliphatic rings. The Hall–Kier alpha value is -2.11. The van der Waals surface area contributed by atoms with Crippen molar-refractivity contribution in [3.63, 3.8) is 0 Å². The second kappa shape index (κ2) is 6.55. The molecule has 0 radical (unpaired) electrons. The molecule has 180 valence electrons. The number of aliphatic hydroxyl groups is 1. The Morgan fingerprint density at radius 2 is 1.76 bits per heavy atom. The van der Waals surface area contributed by atoms with E-state index in [9.17, 15) is 9.90 Å². The summed E-state index contributed by atoms with van der Waals surface area (Å²) in [5.41, 5.74) is -0.198. The second-order valence-electron chi connectivity index (χ2n) is 12.1. The van der Waals surface area contributed by atoms with Gasteiger partial charge in [-0.15, -0.1) is 0 Å². The first kappa shape index (κ1) is 20.1. The van der Waals surface area contributed by atoms with Gasteiger partial charge in [-0.2, -0.15) is 9.47 Å². The fourth-order valence-electron chi connectivity index (χ4n) is 6.63. The smallest absolute Gasteiger partial charge is 0.320 e. The van der Waals surface area contributed by atoms with Gasteiger partial charge in [0, 0.05) is 56.0 Å². The average Bonchev–Trinajstić information content (AvgIpc) is 3.58. The standard InChI is InChI=1S/C23H30N8O2S/c32-20(29-10-21(11-29)5-16(6-21)31-14-24-19(26-31)23(33)3-4-23)30-12-22(13-30)8-28(9-22)7-17-25-18(27-34-17)15-1-2-15/h14-16,33H,1-13H2. The molecule has 0 aromatic carbocycles. The molecular formula is C23H30N8O2S. The van der Waals surface area contributed by atoms with Gasteiger partial charge in [0.15, 0.2) is 5.82 Å². The molecule has 34 heavy (non-hydrogen) atoms. The molecule has 11 heteroatoms. The lowest BCUT2D eigenvalue weighted by atomic mass is 9.60. The molecule has 3 aliphatic carbocycles. The van der Waals surface area contributed by atoms with Crippen LogP contribution < -0.4 is 0 Å². The number of nitrogens with zero attached hydrogens (tertiary/aromatic N) is 8. The topological polar surface area (TPSA) is 104 Å². The number of aromatic nitrogens is 5. The number of likely N-dealkylation sites (tertiary alicyclic amines) is 3. The summed E-state index contributed by atoms with van der Waals surface area (Å²) in [6, 6.07) is 0.567. The van der Waals surface area contributed by atoms with Crippen molar-refractivity contribution in [2.24, 2.45) is 10.8 Å². The zero-order chi connectivity index (χ0) is 22.7. The fraction of sp³-hybridized carbons (Fsp3) is 0.783. The van der Waals surface area contributed by atoms with Crippen LogP contribution >= 0.6 is 11.5 Å². The van der Waals surface area contributed by atoms with Crippen LogP contribution in [0.3, 0.4) is 0 Å². The Balaban J connectivity index is 0.784. The lowest BCUT2D eigenvalue weighted by molar-refractivity contribution is -0.120. The molecule has 3 saturated heterocycles. The van der Waals surface area contributed by atoms with Gasteiger partial charge in [-0.05, 0) is 50.1 Å². The van der Waals surface area contributed by atoms with Crippen LogP contribution in [-0.4, -0.2) is 89.2 Å². The fourth-order valence-corrected chi connectivity index (χ4v) is 7.40. The zero-order valence-electron chi connectivity index (χ0n) is 19.3. The highest BCUT2D eigenvalue weighted by molar-refractivity contribution is 7.05. The van der Waals surface area contributed by atoms with E-state index in [0.29, 0.717) is 23.2 Å². The van der Waals surface area contributed by atoms with Crippen molar-refractivity contribution in [1.82, 2.24) is 38.8 Å². The summed E-state index contributed by atoms with van der Waals surface area (Å²) in [5, 5.41) is 15.9. The minimum Gasteiger partial charge on any atom is -0.382 e. The van der Waals surface area contributed by atoms with E-state index < -0.39 is 5.60 Å². The number of carbonyl (C=O) groups is 1. The zero-order valence-corrected chi connectivity index (χ0v) is 20.1. The number of amides is 2. The number of hydrogen-bond acceptors (Lipinski definition) is 8. The summed E-state index contributed by atoms with van der Waals surface area (Å²) in [6.45, 7) is 6.55. The first-order chi connectivity index (χ1) is 16.4. The molecule has 6 fully saturated rings. The summed E-state index contributed by atoms with van der Waals surface area (Å²) in [4.78, 5) is 28.5. The molecule has 2 amide bonds. The van der Waals surface area contributed by atoms with Crippen LogP contribution in [0.25, 0.3) is 0 Å². The predicted molar refractivity (Wildman–Crippen MR) is 122 cm³/mol. The van der Waals surface area contributed by atoms with E-state index in [1.54, 1.807) is 17.9 Å². The molecule has 0 atom stereocenters. The van der Waals surface area contributed by atoms with Crippen LogP contribution in [0.15, 0.2) is 6.33 Å². The molecule has 5 heterocycles. The van der Waals surface area contributed by atoms with Crippen LogP contribution in [-0.2, 0) is 12.1 Å². The summed E-state index contributed by atoms with van der Waals surface area (Å²) in [7, 11) is 0. The van der Waals surface area contributed by atoms with Crippen molar-refractivity contribution >= 4 is 17.6 Å². The highest BCUT2D eigenvalue weighted by atomic mass is 32.1. The van der Waals surface area contributed by atoms with Crippen LogP contribution in [0.1, 0.15) is 67.1 Å². The van der Waals surface area contributed by atoms with Gasteiger partial charge in [0.05, 0.1) is 12.6 Å². The van der Waals surface area contributed by atoms with E-state index >= 15 is 0 Å². The molecule has 3 aliphatic heterocycles. The van der Waals surface area contributed by atoms with Crippen molar-refractivity contribution in [2.75, 3.05) is 39.3 Å². The monoisotopic (exact) mass is 482 g/mol. The van der Waals surface area contributed by atoms with Gasteiger partial charge in [-0.25, -0.2) is 19.4 Å². The number of hydrogen-bond donors (Lipinski definition) is 1. The third-order valence-corrected chi connectivity index (χ3v) is 9.62. The van der Waals surface area contributed by atoms with Gasteiger partial charge in [0.25, 0.3) is 0 Å². The largest absolute Gasteiger partial charge is 0.382 e. The summed E-state index contributed by atoms with van der Waals surface area (Å²) < 4.78 is 6.44. The summed E-state index contributed by atoms with van der Waals surface area (Å²) >= 11 is 1.56. The van der Waals surface area contributed by atoms with E-state index in [2.05, 4.69) is 19.4 Å². The average molecular weight is 483 g/mol. The van der Waals surface area contributed by atoms with Crippen molar-refractivity contribution in [3.8, 4) is 0 Å². The number of urea groups is 1. The Bertz CT molecular complexity index is 1140. The van der Waals surface area contributed by atoms with Gasteiger partial charge < -0.3 is 14.9 Å². The van der Waals surface area contributed by atoms with Gasteiger partial charge in [-0.1, -0.05) is 0 Å². The molecule has 2 aromatic heterocycles. The highest BCUT2D eigenvalue weighted by Crippen LogP contribution is 2.55. The Kier molecular flexibility index (Phi) is 3.88. The van der Waals surface area contributed by atoms with E-state index in [0.717, 1.165) is 82.3 Å². The number of carbonyl (C=O) groups excluding carboxylic acids is 1. The van der Waals surface area contributed by atoms with Crippen LogP contribution in [0.5, 0.6) is 0 Å². The SMILES string of the molecule is O=C(N1CC2(CC(n3cnc(C4(O)CC4)n3)C2)C1)N1CC2(CN(Cc3nc(C4CC4)ns3)C2)C1. The Morgan fingerprint density at radius 1 is 1.06 bits per heavy atom. The second-order valence-corrected chi connectivity index (χ2v) is 12.9. The third-order valence-electron chi connectivity index (χ3n) is 8.91. The van der Waals surface area contributed by atoms with Crippen molar-refractivity contribution in [1.29, 1.82) is 0 Å². The molecule has 10 nitrogen and oxygen atoms in total. The van der Waals surface area contributed by atoms with Crippen LogP contribution in [0, 0.1) is 10.8 Å². The molecular weight excluding hydrogens is 452 g/mol. The molecule has 3 saturated carbocycles. The van der Waals surface area contributed by atoms with Crippen molar-refractivity contribution in [3.05, 3.63) is 23.0 Å². The molecule has 8 rings (SSSR count). The minimum atomic E-state index is -0.768. The summed E-state index contributed by atoms with van der Waals surface area (Å²) in [6.07, 6.45) is 7.89. The minimum absolute atomic E-state index is 0.218. The Labute approximate surface area is 202 Å². The molecule has 0 unspecified atom stereocenters. The van der Waals surface area contributed by atoms with E-state index in [4.69, 9.17) is 4.98 Å². The van der Waals surface area contributed by atoms with Gasteiger partial charge >= 0.3 is 6.03 Å². The van der Waals surface area contributed by atoms with E-state index in [-0.39, 0.29) is 11.4 Å². The first-order valence-electron chi connectivity index (χ1n) is 12.6. The van der Waals surface area contributed by atoms with Gasteiger partial charge in [-0.3, -0.25) is 4.90 Å². The third kappa shape index (κ3) is 3.09. The van der Waals surface area contributed by atoms with Gasteiger partial charge in [0.2, 0.25) is 0 Å². The molecule has 2 spiro atoms. The van der Waals surface area contributed by atoms with Crippen molar-refractivity contribution < 1.29 is 9.90 Å². The van der Waals surface area contributed by atoms with Crippen molar-refractivity contribution in [2.45, 2.75) is 62.6 Å². The lowest BCUT2D eigenvalue weighted by Crippen LogP contribution is -2.75. The van der Waals surface area contributed by atoms with Crippen LogP contribution in [0.2, 0.25) is 0 Å².